The van der Waals surface area contributed by atoms with Gasteiger partial charge >= 0.3 is 6.18 Å². The van der Waals surface area contributed by atoms with Crippen molar-refractivity contribution in [1.29, 1.82) is 0 Å². The van der Waals surface area contributed by atoms with Crippen LogP contribution in [0.1, 0.15) is 5.56 Å². The Hall–Kier alpha value is -2.37. The topological polar surface area (TPSA) is 34.2 Å². The predicted molar refractivity (Wildman–Crippen MR) is 73.9 cm³/mol. The molecule has 0 saturated carbocycles. The highest BCUT2D eigenvalue weighted by Crippen LogP contribution is 2.37. The molecule has 0 aliphatic heterocycles. The van der Waals surface area contributed by atoms with Crippen LogP contribution in [0.2, 0.25) is 0 Å². The van der Waals surface area contributed by atoms with Crippen LogP contribution in [-0.2, 0) is 6.18 Å². The molecule has 1 N–H and O–H groups in total. The Morgan fingerprint density at radius 2 is 1.48 bits per heavy atom. The van der Waals surface area contributed by atoms with Crippen molar-refractivity contribution >= 4 is 21.8 Å². The summed E-state index contributed by atoms with van der Waals surface area (Å²) in [5.41, 5.74) is 0.442. The minimum Gasteiger partial charge on any atom is -0.493 e. The number of methoxy groups -OCH3 is 2. The molecule has 1 heterocycles. The van der Waals surface area contributed by atoms with Crippen molar-refractivity contribution < 1.29 is 22.6 Å². The summed E-state index contributed by atoms with van der Waals surface area (Å²) in [4.78, 5) is 2.98. The Morgan fingerprint density at radius 1 is 0.857 bits per heavy atom. The number of hydrogen-bond donors (Lipinski definition) is 1. The molecule has 3 rings (SSSR count). The van der Waals surface area contributed by atoms with E-state index >= 15 is 0 Å². The lowest BCUT2D eigenvalue weighted by atomic mass is 10.1. The molecule has 3 aromatic rings. The fourth-order valence-corrected chi connectivity index (χ4v) is 2.41. The molecule has 0 amide bonds. The van der Waals surface area contributed by atoms with Crippen LogP contribution in [0.25, 0.3) is 21.8 Å². The van der Waals surface area contributed by atoms with E-state index in [2.05, 4.69) is 4.98 Å². The highest BCUT2D eigenvalue weighted by atomic mass is 19.4. The minimum absolute atomic E-state index is 0.426. The zero-order valence-corrected chi connectivity index (χ0v) is 11.3. The zero-order chi connectivity index (χ0) is 15.2. The highest BCUT2D eigenvalue weighted by Gasteiger charge is 2.30. The van der Waals surface area contributed by atoms with E-state index in [-0.39, 0.29) is 0 Å². The maximum absolute atomic E-state index is 12.8. The van der Waals surface area contributed by atoms with Crippen LogP contribution < -0.4 is 9.47 Å². The van der Waals surface area contributed by atoms with Crippen LogP contribution in [0.4, 0.5) is 13.2 Å². The summed E-state index contributed by atoms with van der Waals surface area (Å²) < 4.78 is 48.7. The maximum Gasteiger partial charge on any atom is 0.416 e. The van der Waals surface area contributed by atoms with Gasteiger partial charge in [-0.3, -0.25) is 0 Å². The standard InChI is InChI=1S/C15H12F3NO2/c1-20-13-6-10-9-4-3-8(15(16,17)18)5-11(9)19-12(10)7-14(13)21-2/h3-7,19H,1-2H3. The molecule has 110 valence electrons. The van der Waals surface area contributed by atoms with E-state index in [1.54, 1.807) is 12.1 Å². The molecule has 0 unspecified atom stereocenters. The molecule has 0 atom stereocenters. The second-order valence-corrected chi connectivity index (χ2v) is 4.64. The summed E-state index contributed by atoms with van der Waals surface area (Å²) >= 11 is 0. The van der Waals surface area contributed by atoms with Crippen LogP contribution in [0.5, 0.6) is 11.5 Å². The molecular formula is C15H12F3NO2. The van der Waals surface area contributed by atoms with Gasteiger partial charge in [0.2, 0.25) is 0 Å². The minimum atomic E-state index is -4.36. The van der Waals surface area contributed by atoms with E-state index < -0.39 is 11.7 Å². The Bertz CT molecular complexity index is 821. The van der Waals surface area contributed by atoms with Gasteiger partial charge in [0.25, 0.3) is 0 Å². The molecule has 0 radical (unpaired) electrons. The first-order chi connectivity index (χ1) is 9.94. The van der Waals surface area contributed by atoms with E-state index in [1.807, 2.05) is 0 Å². The molecule has 0 spiro atoms. The molecule has 3 nitrogen and oxygen atoms in total. The lowest BCUT2D eigenvalue weighted by molar-refractivity contribution is -0.137. The van der Waals surface area contributed by atoms with Crippen molar-refractivity contribution in [1.82, 2.24) is 4.98 Å². The summed E-state index contributed by atoms with van der Waals surface area (Å²) in [6.07, 6.45) is -4.36. The quantitative estimate of drug-likeness (QED) is 0.762. The van der Waals surface area contributed by atoms with E-state index in [1.165, 1.54) is 20.3 Å². The average molecular weight is 295 g/mol. The lowest BCUT2D eigenvalue weighted by Crippen LogP contribution is -2.03. The number of benzene rings is 2. The third-order valence-electron chi connectivity index (χ3n) is 3.43. The predicted octanol–water partition coefficient (Wildman–Crippen LogP) is 4.36. The van der Waals surface area contributed by atoms with Gasteiger partial charge in [-0.1, -0.05) is 6.07 Å². The van der Waals surface area contributed by atoms with Crippen molar-refractivity contribution in [3.05, 3.63) is 35.9 Å². The fraction of sp³-hybridized carbons (Fsp3) is 0.200. The summed E-state index contributed by atoms with van der Waals surface area (Å²) in [5.74, 6) is 1.05. The van der Waals surface area contributed by atoms with E-state index in [0.717, 1.165) is 17.5 Å². The number of halogens is 3. The van der Waals surface area contributed by atoms with Gasteiger partial charge in [0.05, 0.1) is 25.3 Å². The van der Waals surface area contributed by atoms with Gasteiger partial charge in [-0.25, -0.2) is 0 Å². The van der Waals surface area contributed by atoms with E-state index in [4.69, 9.17) is 9.47 Å². The Morgan fingerprint density at radius 3 is 2.10 bits per heavy atom. The molecule has 1 aromatic heterocycles. The van der Waals surface area contributed by atoms with Gasteiger partial charge in [-0.05, 0) is 18.2 Å². The normalized spacial score (nSPS) is 12.0. The molecule has 6 heteroatoms. The second kappa shape index (κ2) is 4.58. The van der Waals surface area contributed by atoms with Crippen LogP contribution >= 0.6 is 0 Å². The summed E-state index contributed by atoms with van der Waals surface area (Å²) in [5, 5.41) is 1.50. The van der Waals surface area contributed by atoms with Gasteiger partial charge in [-0.2, -0.15) is 13.2 Å². The second-order valence-electron chi connectivity index (χ2n) is 4.64. The van der Waals surface area contributed by atoms with Crippen molar-refractivity contribution in [2.75, 3.05) is 14.2 Å². The summed E-state index contributed by atoms with van der Waals surface area (Å²) in [7, 11) is 3.02. The zero-order valence-electron chi connectivity index (χ0n) is 11.3. The van der Waals surface area contributed by atoms with Crippen LogP contribution in [0, 0.1) is 0 Å². The third kappa shape index (κ3) is 2.16. The van der Waals surface area contributed by atoms with Gasteiger partial charge in [0.15, 0.2) is 11.5 Å². The molecule has 21 heavy (non-hydrogen) atoms. The van der Waals surface area contributed by atoms with Crippen LogP contribution in [-0.4, -0.2) is 19.2 Å². The third-order valence-corrected chi connectivity index (χ3v) is 3.43. The number of H-pyrrole nitrogens is 1. The summed E-state index contributed by atoms with van der Waals surface area (Å²) in [6.45, 7) is 0. The number of nitrogens with one attached hydrogen (secondary N) is 1. The highest BCUT2D eigenvalue weighted by molar-refractivity contribution is 6.08. The van der Waals surface area contributed by atoms with Crippen LogP contribution in [0.15, 0.2) is 30.3 Å². The van der Waals surface area contributed by atoms with Gasteiger partial charge < -0.3 is 14.5 Å². The molecule has 0 fully saturated rings. The van der Waals surface area contributed by atoms with E-state index in [0.29, 0.717) is 27.9 Å². The molecule has 2 aromatic carbocycles. The number of hydrogen-bond acceptors (Lipinski definition) is 2. The Balaban J connectivity index is 2.29. The number of fused-ring (bicyclic) bond motifs is 3. The first-order valence-electron chi connectivity index (χ1n) is 6.18. The number of aromatic nitrogens is 1. The smallest absolute Gasteiger partial charge is 0.416 e. The first-order valence-corrected chi connectivity index (χ1v) is 6.18. The first kappa shape index (κ1) is 13.6. The van der Waals surface area contributed by atoms with Gasteiger partial charge in [0, 0.05) is 22.4 Å². The molecular weight excluding hydrogens is 283 g/mol. The maximum atomic E-state index is 12.8. The Labute approximate surface area is 118 Å². The van der Waals surface area contributed by atoms with Gasteiger partial charge in [-0.15, -0.1) is 0 Å². The molecule has 0 saturated heterocycles. The summed E-state index contributed by atoms with van der Waals surface area (Å²) in [6, 6.07) is 7.10. The SMILES string of the molecule is COc1cc2[nH]c3cc(C(F)(F)F)ccc3c2cc1OC. The number of aromatic amines is 1. The molecule has 0 bridgehead atoms. The molecule has 0 aliphatic carbocycles. The fourth-order valence-electron chi connectivity index (χ4n) is 2.41. The molecule has 0 aliphatic rings. The number of alkyl halides is 3. The largest absolute Gasteiger partial charge is 0.493 e. The number of rotatable bonds is 2. The van der Waals surface area contributed by atoms with E-state index in [9.17, 15) is 13.2 Å². The monoisotopic (exact) mass is 295 g/mol. The van der Waals surface area contributed by atoms with Crippen molar-refractivity contribution in [3.63, 3.8) is 0 Å². The average Bonchev–Trinajstić information content (AvgIpc) is 2.81. The van der Waals surface area contributed by atoms with Gasteiger partial charge in [0.1, 0.15) is 0 Å². The Kier molecular flexibility index (Phi) is 2.97. The van der Waals surface area contributed by atoms with Crippen molar-refractivity contribution in [2.45, 2.75) is 6.18 Å². The van der Waals surface area contributed by atoms with Crippen LogP contribution in [0.3, 0.4) is 0 Å². The van der Waals surface area contributed by atoms with Crippen molar-refractivity contribution in [3.8, 4) is 11.5 Å². The van der Waals surface area contributed by atoms with Crippen molar-refractivity contribution in [2.24, 2.45) is 0 Å². The lowest BCUT2D eigenvalue weighted by Gasteiger charge is -2.07. The number of ether oxygens (including phenoxy) is 2.